The predicted octanol–water partition coefficient (Wildman–Crippen LogP) is -0.527. The summed E-state index contributed by atoms with van der Waals surface area (Å²) >= 11 is 0. The van der Waals surface area contributed by atoms with Gasteiger partial charge in [-0.3, -0.25) is 4.79 Å². The number of hydrogen-bond donors (Lipinski definition) is 2. The van der Waals surface area contributed by atoms with E-state index in [9.17, 15) is 13.2 Å². The monoisotopic (exact) mass is 250 g/mol. The highest BCUT2D eigenvalue weighted by atomic mass is 32.2. The van der Waals surface area contributed by atoms with E-state index in [1.54, 1.807) is 0 Å². The van der Waals surface area contributed by atoms with Gasteiger partial charge in [0.1, 0.15) is 0 Å². The van der Waals surface area contributed by atoms with E-state index >= 15 is 0 Å². The Bertz CT molecular complexity index is 351. The minimum absolute atomic E-state index is 0.257. The van der Waals surface area contributed by atoms with Crippen LogP contribution in [0.15, 0.2) is 0 Å². The van der Waals surface area contributed by atoms with Gasteiger partial charge in [-0.2, -0.15) is 0 Å². The predicted molar refractivity (Wildman–Crippen MR) is 59.7 cm³/mol. The lowest BCUT2D eigenvalue weighted by Gasteiger charge is -2.16. The van der Waals surface area contributed by atoms with Crippen LogP contribution in [-0.4, -0.2) is 55.8 Å². The SMILES string of the molecule is CC(C(=O)O)S(=O)(=O)NCCN(C)C1CC1. The van der Waals surface area contributed by atoms with E-state index in [0.29, 0.717) is 12.6 Å². The summed E-state index contributed by atoms with van der Waals surface area (Å²) in [7, 11) is -1.80. The quantitative estimate of drug-likeness (QED) is 0.634. The molecule has 0 bridgehead atoms. The molecule has 1 atom stereocenters. The Kier molecular flexibility index (Phi) is 4.28. The maximum absolute atomic E-state index is 11.4. The van der Waals surface area contributed by atoms with E-state index in [1.165, 1.54) is 0 Å². The molecule has 1 unspecified atom stereocenters. The van der Waals surface area contributed by atoms with Crippen LogP contribution < -0.4 is 4.72 Å². The Labute approximate surface area is 95.7 Å². The molecule has 94 valence electrons. The molecular formula is C9H18N2O4S. The van der Waals surface area contributed by atoms with Gasteiger partial charge in [-0.15, -0.1) is 0 Å². The third-order valence-corrected chi connectivity index (χ3v) is 4.49. The van der Waals surface area contributed by atoms with E-state index in [1.807, 2.05) is 7.05 Å². The van der Waals surface area contributed by atoms with Gasteiger partial charge in [0.15, 0.2) is 5.25 Å². The largest absolute Gasteiger partial charge is 0.480 e. The summed E-state index contributed by atoms with van der Waals surface area (Å²) in [5, 5.41) is 7.19. The second kappa shape index (κ2) is 5.11. The zero-order valence-electron chi connectivity index (χ0n) is 9.51. The number of rotatable bonds is 7. The molecule has 0 saturated heterocycles. The zero-order chi connectivity index (χ0) is 12.3. The molecule has 0 heterocycles. The van der Waals surface area contributed by atoms with Gasteiger partial charge in [0, 0.05) is 19.1 Å². The number of sulfonamides is 1. The number of likely N-dealkylation sites (N-methyl/N-ethyl adjacent to an activating group) is 1. The highest BCUT2D eigenvalue weighted by molar-refractivity contribution is 7.90. The number of carboxylic acid groups (broad SMARTS) is 1. The first-order valence-corrected chi connectivity index (χ1v) is 6.80. The van der Waals surface area contributed by atoms with Gasteiger partial charge in [-0.05, 0) is 26.8 Å². The molecule has 0 aliphatic heterocycles. The molecule has 1 aliphatic rings. The number of carbonyl (C=O) groups is 1. The van der Waals surface area contributed by atoms with E-state index < -0.39 is 21.2 Å². The van der Waals surface area contributed by atoms with Gasteiger partial charge in [0.25, 0.3) is 0 Å². The molecule has 1 rings (SSSR count). The average Bonchev–Trinajstić information content (AvgIpc) is 2.98. The van der Waals surface area contributed by atoms with Gasteiger partial charge >= 0.3 is 5.97 Å². The third-order valence-electron chi connectivity index (χ3n) is 2.75. The third kappa shape index (κ3) is 3.73. The standard InChI is InChI=1S/C9H18N2O4S/c1-7(9(12)13)16(14,15)10-5-6-11(2)8-3-4-8/h7-8,10H,3-6H2,1-2H3,(H,12,13). The second-order valence-corrected chi connectivity index (χ2v) is 6.22. The number of nitrogens with zero attached hydrogens (tertiary/aromatic N) is 1. The van der Waals surface area contributed by atoms with Crippen molar-refractivity contribution >= 4 is 16.0 Å². The number of carboxylic acids is 1. The van der Waals surface area contributed by atoms with Crippen molar-refractivity contribution in [3.05, 3.63) is 0 Å². The molecule has 16 heavy (non-hydrogen) atoms. The van der Waals surface area contributed by atoms with Crippen molar-refractivity contribution in [3.8, 4) is 0 Å². The lowest BCUT2D eigenvalue weighted by atomic mass is 10.5. The topological polar surface area (TPSA) is 86.7 Å². The Hall–Kier alpha value is -0.660. The summed E-state index contributed by atoms with van der Waals surface area (Å²) in [5.41, 5.74) is 0. The Balaban J connectivity index is 2.32. The van der Waals surface area contributed by atoms with Crippen molar-refractivity contribution in [1.29, 1.82) is 0 Å². The van der Waals surface area contributed by atoms with Gasteiger partial charge in [-0.25, -0.2) is 13.1 Å². The molecule has 0 aromatic heterocycles. The first-order valence-electron chi connectivity index (χ1n) is 5.26. The van der Waals surface area contributed by atoms with E-state index in [0.717, 1.165) is 19.8 Å². The van der Waals surface area contributed by atoms with E-state index in [4.69, 9.17) is 5.11 Å². The molecule has 6 nitrogen and oxygen atoms in total. The van der Waals surface area contributed by atoms with E-state index in [2.05, 4.69) is 9.62 Å². The Morgan fingerprint density at radius 1 is 1.56 bits per heavy atom. The van der Waals surface area contributed by atoms with Crippen LogP contribution in [0.5, 0.6) is 0 Å². The first kappa shape index (κ1) is 13.4. The highest BCUT2D eigenvalue weighted by Crippen LogP contribution is 2.24. The first-order chi connectivity index (χ1) is 7.34. The van der Waals surface area contributed by atoms with Crippen LogP contribution in [0.1, 0.15) is 19.8 Å². The molecule has 0 aromatic rings. The molecule has 0 radical (unpaired) electrons. The summed E-state index contributed by atoms with van der Waals surface area (Å²) in [5.74, 6) is -1.33. The van der Waals surface area contributed by atoms with Gasteiger partial charge in [-0.1, -0.05) is 0 Å². The number of nitrogens with one attached hydrogen (secondary N) is 1. The fraction of sp³-hybridized carbons (Fsp3) is 0.889. The maximum Gasteiger partial charge on any atom is 0.323 e. The Morgan fingerprint density at radius 3 is 2.56 bits per heavy atom. The molecule has 1 saturated carbocycles. The normalized spacial score (nSPS) is 18.7. The summed E-state index contributed by atoms with van der Waals surface area (Å²) in [4.78, 5) is 12.6. The Morgan fingerprint density at radius 2 is 2.12 bits per heavy atom. The number of aliphatic carboxylic acids is 1. The fourth-order valence-corrected chi connectivity index (χ4v) is 2.21. The van der Waals surface area contributed by atoms with Crippen LogP contribution in [0.4, 0.5) is 0 Å². The van der Waals surface area contributed by atoms with Crippen molar-refractivity contribution in [2.75, 3.05) is 20.1 Å². The summed E-state index contributed by atoms with van der Waals surface area (Å²) in [6.45, 7) is 2.03. The van der Waals surface area contributed by atoms with Crippen LogP contribution in [0.2, 0.25) is 0 Å². The van der Waals surface area contributed by atoms with Crippen LogP contribution in [0.25, 0.3) is 0 Å². The van der Waals surface area contributed by atoms with Crippen LogP contribution >= 0.6 is 0 Å². The summed E-state index contributed by atoms with van der Waals surface area (Å²) < 4.78 is 25.2. The van der Waals surface area contributed by atoms with Crippen LogP contribution in [0.3, 0.4) is 0 Å². The van der Waals surface area contributed by atoms with Gasteiger partial charge in [0.05, 0.1) is 0 Å². The fourth-order valence-electron chi connectivity index (χ4n) is 1.32. The molecule has 7 heteroatoms. The van der Waals surface area contributed by atoms with Crippen molar-refractivity contribution in [1.82, 2.24) is 9.62 Å². The van der Waals surface area contributed by atoms with Gasteiger partial charge < -0.3 is 10.0 Å². The van der Waals surface area contributed by atoms with Gasteiger partial charge in [0.2, 0.25) is 10.0 Å². The second-order valence-electron chi connectivity index (χ2n) is 4.13. The summed E-state index contributed by atoms with van der Waals surface area (Å²) in [6.07, 6.45) is 2.32. The number of hydrogen-bond acceptors (Lipinski definition) is 4. The minimum Gasteiger partial charge on any atom is -0.480 e. The van der Waals surface area contributed by atoms with E-state index in [-0.39, 0.29) is 6.54 Å². The summed E-state index contributed by atoms with van der Waals surface area (Å²) in [6, 6.07) is 0.571. The van der Waals surface area contributed by atoms with Crippen LogP contribution in [-0.2, 0) is 14.8 Å². The molecular weight excluding hydrogens is 232 g/mol. The molecule has 2 N–H and O–H groups in total. The molecule has 1 fully saturated rings. The molecule has 0 spiro atoms. The lowest BCUT2D eigenvalue weighted by Crippen LogP contribution is -2.41. The highest BCUT2D eigenvalue weighted by Gasteiger charge is 2.28. The van der Waals surface area contributed by atoms with Crippen molar-refractivity contribution < 1.29 is 18.3 Å². The lowest BCUT2D eigenvalue weighted by molar-refractivity contribution is -0.136. The minimum atomic E-state index is -3.74. The van der Waals surface area contributed by atoms with Crippen molar-refractivity contribution in [2.24, 2.45) is 0 Å². The van der Waals surface area contributed by atoms with Crippen LogP contribution in [0, 0.1) is 0 Å². The molecule has 1 aliphatic carbocycles. The van der Waals surface area contributed by atoms with Crippen molar-refractivity contribution in [2.45, 2.75) is 31.1 Å². The molecule has 0 aromatic carbocycles. The maximum atomic E-state index is 11.4. The smallest absolute Gasteiger partial charge is 0.323 e. The van der Waals surface area contributed by atoms with Crippen molar-refractivity contribution in [3.63, 3.8) is 0 Å². The zero-order valence-corrected chi connectivity index (χ0v) is 10.3. The molecule has 0 amide bonds. The average molecular weight is 250 g/mol.